The molecule has 1 saturated heterocycles. The second-order valence-corrected chi connectivity index (χ2v) is 7.20. The van der Waals surface area contributed by atoms with Crippen molar-refractivity contribution in [3.63, 3.8) is 0 Å². The molecule has 3 atom stereocenters. The Hall–Kier alpha value is -0.810. The van der Waals surface area contributed by atoms with Gasteiger partial charge in [0, 0.05) is 34.7 Å². The summed E-state index contributed by atoms with van der Waals surface area (Å²) in [6.45, 7) is 3.05. The van der Waals surface area contributed by atoms with E-state index in [-0.39, 0.29) is 6.04 Å². The zero-order valence-corrected chi connectivity index (χ0v) is 13.9. The van der Waals surface area contributed by atoms with Crippen LogP contribution in [0.5, 0.6) is 0 Å². The summed E-state index contributed by atoms with van der Waals surface area (Å²) >= 11 is 11.8. The molecule has 1 aromatic carbocycles. The summed E-state index contributed by atoms with van der Waals surface area (Å²) in [7, 11) is 0. The maximum atomic E-state index is 12.3. The van der Waals surface area contributed by atoms with Gasteiger partial charge in [0.2, 0.25) is 0 Å². The molecule has 1 heterocycles. The van der Waals surface area contributed by atoms with Gasteiger partial charge in [0.25, 0.3) is 5.91 Å². The number of hydrogen-bond donors (Lipinski definition) is 2. The molecule has 1 amide bonds. The number of nitrogens with one attached hydrogen (secondary N) is 1. The van der Waals surface area contributed by atoms with Crippen LogP contribution >= 0.6 is 23.2 Å². The van der Waals surface area contributed by atoms with Gasteiger partial charge in [0.05, 0.1) is 0 Å². The number of aliphatic hydroxyl groups is 1. The zero-order valence-electron chi connectivity index (χ0n) is 12.4. The third kappa shape index (κ3) is 3.57. The molecule has 120 valence electrons. The van der Waals surface area contributed by atoms with Crippen LogP contribution in [0.2, 0.25) is 10.0 Å². The summed E-state index contributed by atoms with van der Waals surface area (Å²) in [6.07, 6.45) is 2.19. The fourth-order valence-corrected chi connectivity index (χ4v) is 3.78. The molecular weight excluding hydrogens is 323 g/mol. The van der Waals surface area contributed by atoms with Gasteiger partial charge < -0.3 is 10.4 Å². The highest BCUT2D eigenvalue weighted by atomic mass is 35.5. The fraction of sp³-hybridized carbons (Fsp3) is 0.562. The Labute approximate surface area is 140 Å². The first-order valence-electron chi connectivity index (χ1n) is 7.64. The van der Waals surface area contributed by atoms with Crippen LogP contribution in [0.1, 0.15) is 37.9 Å². The van der Waals surface area contributed by atoms with E-state index < -0.39 is 12.0 Å². The summed E-state index contributed by atoms with van der Waals surface area (Å²) in [5.41, 5.74) is 0.417. The smallest absolute Gasteiger partial charge is 0.253 e. The minimum Gasteiger partial charge on any atom is -0.378 e. The lowest BCUT2D eigenvalue weighted by Gasteiger charge is -2.20. The molecule has 1 aromatic rings. The number of nitrogens with zero attached hydrogens (tertiary/aromatic N) is 1. The molecule has 0 radical (unpaired) electrons. The van der Waals surface area contributed by atoms with Crippen molar-refractivity contribution >= 4 is 29.1 Å². The number of halogens is 2. The number of aliphatic hydroxyl groups excluding tert-OH is 1. The van der Waals surface area contributed by atoms with Crippen LogP contribution in [0.15, 0.2) is 18.2 Å². The van der Waals surface area contributed by atoms with Crippen molar-refractivity contribution < 1.29 is 9.90 Å². The summed E-state index contributed by atoms with van der Waals surface area (Å²) < 4.78 is 0. The van der Waals surface area contributed by atoms with Crippen LogP contribution in [-0.4, -0.2) is 40.6 Å². The number of hydrogen-bond acceptors (Lipinski definition) is 3. The van der Waals surface area contributed by atoms with Gasteiger partial charge in [-0.05, 0) is 49.9 Å². The summed E-state index contributed by atoms with van der Waals surface area (Å²) in [5.74, 6) is -0.395. The summed E-state index contributed by atoms with van der Waals surface area (Å²) in [5, 5.41) is 14.0. The van der Waals surface area contributed by atoms with Crippen molar-refractivity contribution in [3.8, 4) is 0 Å². The van der Waals surface area contributed by atoms with Gasteiger partial charge in [-0.15, -0.1) is 0 Å². The molecular formula is C16H20Cl2N2O2. The largest absolute Gasteiger partial charge is 0.378 e. The Balaban J connectivity index is 1.61. The predicted octanol–water partition coefficient (Wildman–Crippen LogP) is 2.77. The zero-order chi connectivity index (χ0) is 15.9. The van der Waals surface area contributed by atoms with E-state index in [9.17, 15) is 9.90 Å². The van der Waals surface area contributed by atoms with Crippen LogP contribution in [0.25, 0.3) is 0 Å². The topological polar surface area (TPSA) is 52.6 Å². The lowest BCUT2D eigenvalue weighted by Crippen LogP contribution is -2.40. The maximum Gasteiger partial charge on any atom is 0.253 e. The molecule has 6 heteroatoms. The van der Waals surface area contributed by atoms with E-state index in [0.717, 1.165) is 13.0 Å². The van der Waals surface area contributed by atoms with Crippen molar-refractivity contribution in [2.24, 2.45) is 0 Å². The highest BCUT2D eigenvalue weighted by Crippen LogP contribution is 2.33. The Morgan fingerprint density at radius 1 is 1.32 bits per heavy atom. The molecule has 1 aliphatic carbocycles. The molecule has 3 rings (SSSR count). The number of rotatable bonds is 4. The van der Waals surface area contributed by atoms with Crippen molar-refractivity contribution in [2.75, 3.05) is 6.54 Å². The van der Waals surface area contributed by atoms with E-state index in [2.05, 4.69) is 17.1 Å². The van der Waals surface area contributed by atoms with Gasteiger partial charge in [0.15, 0.2) is 6.10 Å². The van der Waals surface area contributed by atoms with E-state index in [0.29, 0.717) is 27.7 Å². The van der Waals surface area contributed by atoms with Gasteiger partial charge in [-0.1, -0.05) is 23.2 Å². The first kappa shape index (κ1) is 16.1. The molecule has 2 fully saturated rings. The third-order valence-electron chi connectivity index (χ3n) is 4.43. The van der Waals surface area contributed by atoms with Gasteiger partial charge in [-0.25, -0.2) is 0 Å². The molecule has 0 spiro atoms. The average molecular weight is 343 g/mol. The number of benzene rings is 1. The lowest BCUT2D eigenvalue weighted by molar-refractivity contribution is -0.130. The number of likely N-dealkylation sites (tertiary alicyclic amines) is 1. The van der Waals surface area contributed by atoms with Gasteiger partial charge >= 0.3 is 0 Å². The van der Waals surface area contributed by atoms with Crippen LogP contribution in [-0.2, 0) is 4.79 Å². The highest BCUT2D eigenvalue weighted by Gasteiger charge is 2.39. The minimum absolute atomic E-state index is 0.0902. The predicted molar refractivity (Wildman–Crippen MR) is 87.2 cm³/mol. The Morgan fingerprint density at radius 2 is 1.95 bits per heavy atom. The van der Waals surface area contributed by atoms with Crippen molar-refractivity contribution in [1.29, 1.82) is 0 Å². The molecule has 3 unspecified atom stereocenters. The molecule has 4 nitrogen and oxygen atoms in total. The standard InChI is InChI=1S/C16H20Cl2N2O2/c1-9-4-13(8-20(9)14-2-3-14)19-16(22)15(21)10-5-11(17)7-12(18)6-10/h5-7,9,13-15,21H,2-4,8H2,1H3,(H,19,22). The van der Waals surface area contributed by atoms with E-state index in [1.807, 2.05) is 0 Å². The SMILES string of the molecule is CC1CC(NC(=O)C(O)c2cc(Cl)cc(Cl)c2)CN1C1CC1. The maximum absolute atomic E-state index is 12.3. The Kier molecular flexibility index (Phi) is 4.64. The molecule has 2 N–H and O–H groups in total. The second kappa shape index (κ2) is 6.36. The highest BCUT2D eigenvalue weighted by molar-refractivity contribution is 6.34. The van der Waals surface area contributed by atoms with Gasteiger partial charge in [0.1, 0.15) is 0 Å². The first-order valence-corrected chi connectivity index (χ1v) is 8.40. The van der Waals surface area contributed by atoms with Crippen molar-refractivity contribution in [2.45, 2.75) is 50.4 Å². The van der Waals surface area contributed by atoms with Crippen LogP contribution in [0.4, 0.5) is 0 Å². The van der Waals surface area contributed by atoms with E-state index in [1.54, 1.807) is 18.2 Å². The first-order chi connectivity index (χ1) is 10.4. The van der Waals surface area contributed by atoms with Crippen molar-refractivity contribution in [3.05, 3.63) is 33.8 Å². The average Bonchev–Trinajstić information content (AvgIpc) is 3.21. The van der Waals surface area contributed by atoms with Gasteiger partial charge in [-0.3, -0.25) is 9.69 Å². The fourth-order valence-electron chi connectivity index (χ4n) is 3.24. The van der Waals surface area contributed by atoms with Crippen molar-refractivity contribution in [1.82, 2.24) is 10.2 Å². The second-order valence-electron chi connectivity index (χ2n) is 6.32. The quantitative estimate of drug-likeness (QED) is 0.884. The number of carbonyl (C=O) groups is 1. The number of carbonyl (C=O) groups excluding carboxylic acids is 1. The molecule has 1 saturated carbocycles. The summed E-state index contributed by atoms with van der Waals surface area (Å²) in [6, 6.07) is 5.96. The lowest BCUT2D eigenvalue weighted by atomic mass is 10.1. The molecule has 0 bridgehead atoms. The molecule has 2 aliphatic rings. The van der Waals surface area contributed by atoms with E-state index >= 15 is 0 Å². The Morgan fingerprint density at radius 3 is 2.55 bits per heavy atom. The van der Waals surface area contributed by atoms with Crippen LogP contribution in [0.3, 0.4) is 0 Å². The number of amides is 1. The van der Waals surface area contributed by atoms with Crippen LogP contribution in [0, 0.1) is 0 Å². The minimum atomic E-state index is -1.25. The third-order valence-corrected chi connectivity index (χ3v) is 4.87. The monoisotopic (exact) mass is 342 g/mol. The Bertz CT molecular complexity index is 557. The molecule has 0 aromatic heterocycles. The normalized spacial score (nSPS) is 26.9. The van der Waals surface area contributed by atoms with Crippen LogP contribution < -0.4 is 5.32 Å². The van der Waals surface area contributed by atoms with Gasteiger partial charge in [-0.2, -0.15) is 0 Å². The van der Waals surface area contributed by atoms with E-state index in [1.165, 1.54) is 12.8 Å². The summed E-state index contributed by atoms with van der Waals surface area (Å²) in [4.78, 5) is 14.7. The molecule has 1 aliphatic heterocycles. The van der Waals surface area contributed by atoms with E-state index in [4.69, 9.17) is 23.2 Å². The molecule has 22 heavy (non-hydrogen) atoms.